The lowest BCUT2D eigenvalue weighted by Crippen LogP contribution is -2.39. The Morgan fingerprint density at radius 3 is 1.41 bits per heavy atom. The number of halogens is 6. The SMILES string of the molecule is C1CCOC1.C=CC(=O)Nc1ccc(CCn2c(C#N)cc3c(C)c(CN4CCC(Nc5ncnc6sc(CC(F)(F)F)cc56)CC4)ccc32)cc1.CCN(CC)CC.Cc1c(CN2CCC(Nc3ncnc4sc(CC(F)(F)F)cc34)CC2)ccc2c1cc(C#N)n2CCc1ccc(N)cc1. The van der Waals surface area contributed by atoms with E-state index >= 15 is 0 Å². The zero-order valence-electron chi connectivity index (χ0n) is 58.5. The molecule has 0 radical (unpaired) electrons. The Morgan fingerprint density at radius 2 is 1.05 bits per heavy atom. The van der Waals surface area contributed by atoms with Crippen molar-refractivity contribution in [1.29, 1.82) is 10.5 Å². The number of nitrogens with zero attached hydrogens (tertiary/aromatic N) is 11. The second-order valence-electron chi connectivity index (χ2n) is 26.0. The summed E-state index contributed by atoms with van der Waals surface area (Å²) >= 11 is 2.13. The molecule has 4 aromatic carbocycles. The first kappa shape index (κ1) is 75.7. The van der Waals surface area contributed by atoms with E-state index in [1.165, 1.54) is 73.5 Å². The molecular weight excluding hydrogens is 1350 g/mol. The zero-order chi connectivity index (χ0) is 72.5. The van der Waals surface area contributed by atoms with Gasteiger partial charge in [0.25, 0.3) is 0 Å². The first-order valence-corrected chi connectivity index (χ1v) is 36.5. The van der Waals surface area contributed by atoms with Crippen molar-refractivity contribution in [2.24, 2.45) is 0 Å². The van der Waals surface area contributed by atoms with Crippen LogP contribution in [-0.4, -0.2) is 133 Å². The van der Waals surface area contributed by atoms with Crippen molar-refractivity contribution in [3.8, 4) is 12.1 Å². The lowest BCUT2D eigenvalue weighted by atomic mass is 10.0. The van der Waals surface area contributed by atoms with Gasteiger partial charge in [0.05, 0.1) is 23.6 Å². The molecule has 0 bridgehead atoms. The third-order valence-electron chi connectivity index (χ3n) is 19.1. The Morgan fingerprint density at radius 1 is 0.627 bits per heavy atom. The van der Waals surface area contributed by atoms with Crippen LogP contribution >= 0.6 is 22.7 Å². The van der Waals surface area contributed by atoms with Crippen molar-refractivity contribution >= 4 is 93.8 Å². The number of carbonyl (C=O) groups excluding carboxylic acids is 1. The summed E-state index contributed by atoms with van der Waals surface area (Å²) in [4.78, 5) is 37.4. The average molecular weight is 1430 g/mol. The van der Waals surface area contributed by atoms with Crippen LogP contribution in [0.3, 0.4) is 0 Å². The Hall–Kier alpha value is -8.95. The first-order valence-electron chi connectivity index (χ1n) is 34.9. The molecule has 0 aliphatic carbocycles. The van der Waals surface area contributed by atoms with Gasteiger partial charge in [-0.1, -0.05) is 63.7 Å². The molecule has 0 spiro atoms. The van der Waals surface area contributed by atoms with Crippen LogP contribution in [-0.2, 0) is 61.4 Å². The fourth-order valence-corrected chi connectivity index (χ4v) is 15.4. The highest BCUT2D eigenvalue weighted by Crippen LogP contribution is 2.37. The average Bonchev–Trinajstić information content (AvgIpc) is 1.63. The van der Waals surface area contributed by atoms with E-state index < -0.39 is 25.2 Å². The van der Waals surface area contributed by atoms with Crippen LogP contribution in [0.15, 0.2) is 122 Å². The molecule has 6 aromatic heterocycles. The highest BCUT2D eigenvalue weighted by Gasteiger charge is 2.31. The smallest absolute Gasteiger partial charge is 0.393 e. The van der Waals surface area contributed by atoms with Crippen LogP contribution in [0, 0.1) is 36.5 Å². The number of hydrogen-bond acceptors (Lipinski definition) is 16. The molecule has 3 aliphatic rings. The van der Waals surface area contributed by atoms with Gasteiger partial charge in [0, 0.05) is 121 Å². The van der Waals surface area contributed by atoms with Crippen LogP contribution in [0.1, 0.15) is 114 Å². The number of piperidine rings is 2. The number of nitrogens with one attached hydrogen (secondary N) is 3. The van der Waals surface area contributed by atoms with Crippen molar-refractivity contribution in [1.82, 2.24) is 43.8 Å². The topological polar surface area (TPSA) is 207 Å². The Kier molecular flexibility index (Phi) is 26.2. The molecule has 17 nitrogen and oxygen atoms in total. The maximum absolute atomic E-state index is 12.9. The number of aryl methyl sites for hydroxylation is 6. The van der Waals surface area contributed by atoms with Gasteiger partial charge in [-0.2, -0.15) is 36.9 Å². The third kappa shape index (κ3) is 20.4. The number of thiophene rings is 2. The molecule has 1 amide bonds. The second-order valence-corrected chi connectivity index (χ2v) is 28.2. The minimum Gasteiger partial charge on any atom is -0.399 e. The van der Waals surface area contributed by atoms with Crippen molar-refractivity contribution in [2.75, 3.05) is 80.7 Å². The summed E-state index contributed by atoms with van der Waals surface area (Å²) in [7, 11) is 0. The number of nitrogen functional groups attached to an aromatic ring is 1. The fourth-order valence-electron chi connectivity index (χ4n) is 13.3. The molecule has 538 valence electrons. The molecule has 0 atom stereocenters. The number of rotatable bonds is 21. The van der Waals surface area contributed by atoms with Crippen LogP contribution in [0.2, 0.25) is 0 Å². The largest absolute Gasteiger partial charge is 0.399 e. The number of hydrogen-bond donors (Lipinski definition) is 4. The number of nitrogens with two attached hydrogens (primary N) is 1. The van der Waals surface area contributed by atoms with E-state index in [9.17, 15) is 41.7 Å². The molecule has 3 fully saturated rings. The molecule has 102 heavy (non-hydrogen) atoms. The number of anilines is 4. The number of benzene rings is 4. The van der Waals surface area contributed by atoms with Crippen LogP contribution in [0.5, 0.6) is 0 Å². The Balaban J connectivity index is 0.000000189. The lowest BCUT2D eigenvalue weighted by Gasteiger charge is -2.33. The zero-order valence-corrected chi connectivity index (χ0v) is 60.1. The van der Waals surface area contributed by atoms with Crippen molar-refractivity contribution in [2.45, 2.75) is 149 Å². The van der Waals surface area contributed by atoms with Gasteiger partial charge in [0.15, 0.2) is 0 Å². The molecule has 5 N–H and O–H groups in total. The molecule has 9 heterocycles. The van der Waals surface area contributed by atoms with E-state index in [0.29, 0.717) is 62.2 Å². The van der Waals surface area contributed by atoms with Gasteiger partial charge in [0.1, 0.15) is 57.5 Å². The summed E-state index contributed by atoms with van der Waals surface area (Å²) in [6, 6.07) is 36.3. The highest BCUT2D eigenvalue weighted by molar-refractivity contribution is 7.19. The Labute approximate surface area is 600 Å². The number of aromatic nitrogens is 6. The van der Waals surface area contributed by atoms with Crippen LogP contribution in [0.25, 0.3) is 42.2 Å². The molecule has 3 saturated heterocycles. The summed E-state index contributed by atoms with van der Waals surface area (Å²) < 4.78 is 86.6. The molecule has 3 aliphatic heterocycles. The molecule has 0 saturated carbocycles. The maximum atomic E-state index is 12.9. The van der Waals surface area contributed by atoms with Gasteiger partial charge in [-0.3, -0.25) is 14.6 Å². The molecule has 10 aromatic rings. The second kappa shape index (κ2) is 35.3. The van der Waals surface area contributed by atoms with E-state index in [1.54, 1.807) is 12.1 Å². The summed E-state index contributed by atoms with van der Waals surface area (Å²) in [5, 5.41) is 32.9. The minimum absolute atomic E-state index is 0.160. The standard InChI is InChI=1S/C35H34F3N7OS.C32H32F3N7S.C6H15N.C4H8O/c1-3-32(46)42-25-7-4-23(5-8-25)10-15-45-27(19-39)16-29-22(2)24(6-9-31(29)45)20-44-13-11-26(12-14-44)43-33-30-17-28(18-35(36,37)38)47-34(30)41-21-40-33;1-20-22(4-7-29-27(20)14-25(17-36)42(29)13-8-21-2-5-23(37)6-3-21)18-41-11-9-24(10-12-41)40-30-28-15-26(16-32(33,34)35)43-31(28)39-19-38-30;1-4-7(5-2)6-3;1-2-4-5-3-1/h3-9,16-17,21,26H,1,10-15,18,20H2,2H3,(H,42,46)(H,40,41,43);2-7,14-15,19,24H,8-13,16,18,37H2,1H3,(H,38,39,40);4-6H2,1-3H3;1-4H2. The number of alkyl halides is 6. The number of carbonyl (C=O) groups is 1. The van der Waals surface area contributed by atoms with Crippen molar-refractivity contribution in [3.05, 3.63) is 177 Å². The van der Waals surface area contributed by atoms with Gasteiger partial charge in [-0.15, -0.1) is 22.7 Å². The van der Waals surface area contributed by atoms with E-state index in [4.69, 9.17) is 10.5 Å². The number of likely N-dealkylation sites (tertiary alicyclic amines) is 2. The number of fused-ring (bicyclic) bond motifs is 4. The number of ether oxygens (including phenoxy) is 1. The van der Waals surface area contributed by atoms with Gasteiger partial charge < -0.3 is 40.5 Å². The highest BCUT2D eigenvalue weighted by atomic mass is 32.1. The van der Waals surface area contributed by atoms with Gasteiger partial charge in [-0.05, 0) is 185 Å². The molecule has 0 unspecified atom stereocenters. The maximum Gasteiger partial charge on any atom is 0.393 e. The van der Waals surface area contributed by atoms with Crippen molar-refractivity contribution < 1.29 is 35.9 Å². The normalized spacial score (nSPS) is 14.8. The predicted octanol–water partition coefficient (Wildman–Crippen LogP) is 16.4. The van der Waals surface area contributed by atoms with Crippen LogP contribution in [0.4, 0.5) is 49.4 Å². The third-order valence-corrected chi connectivity index (χ3v) is 21.2. The monoisotopic (exact) mass is 1430 g/mol. The summed E-state index contributed by atoms with van der Waals surface area (Å²) in [6.07, 6.45) is 1.26. The molecular formula is C77H89F6N15O2S2. The van der Waals surface area contributed by atoms with E-state index in [1.807, 2.05) is 60.7 Å². The fraction of sp³-hybridized carbons (Fsp3) is 0.416. The van der Waals surface area contributed by atoms with E-state index in [2.05, 4.69) is 137 Å². The summed E-state index contributed by atoms with van der Waals surface area (Å²) in [5.41, 5.74) is 17.7. The van der Waals surface area contributed by atoms with E-state index in [0.717, 1.165) is 152 Å². The van der Waals surface area contributed by atoms with E-state index in [-0.39, 0.29) is 27.7 Å². The Bertz CT molecular complexity index is 4510. The van der Waals surface area contributed by atoms with Gasteiger partial charge in [0.2, 0.25) is 5.91 Å². The summed E-state index contributed by atoms with van der Waals surface area (Å²) in [6.45, 7) is 26.3. The number of amides is 1. The predicted molar refractivity (Wildman–Crippen MR) is 398 cm³/mol. The summed E-state index contributed by atoms with van der Waals surface area (Å²) in [5.74, 6) is 0.936. The van der Waals surface area contributed by atoms with Gasteiger partial charge in [-0.25, -0.2) is 19.9 Å². The van der Waals surface area contributed by atoms with Crippen LogP contribution < -0.4 is 21.7 Å². The number of nitriles is 2. The van der Waals surface area contributed by atoms with Gasteiger partial charge >= 0.3 is 12.4 Å². The first-order chi connectivity index (χ1) is 49.1. The van der Waals surface area contributed by atoms with Crippen molar-refractivity contribution in [3.63, 3.8) is 0 Å². The molecule has 13 rings (SSSR count). The quantitative estimate of drug-likeness (QED) is 0.0300. The lowest BCUT2D eigenvalue weighted by molar-refractivity contribution is -0.127. The molecule has 25 heteroatoms. The minimum atomic E-state index is -4.26.